The molecule has 5 nitrogen and oxygen atoms in total. The summed E-state index contributed by atoms with van der Waals surface area (Å²) in [4.78, 5) is 12.3. The van der Waals surface area contributed by atoms with Gasteiger partial charge in [0.05, 0.1) is 26.0 Å². The van der Waals surface area contributed by atoms with Crippen molar-refractivity contribution in [1.82, 2.24) is 5.01 Å². The van der Waals surface area contributed by atoms with Crippen LogP contribution >= 0.6 is 0 Å². The van der Waals surface area contributed by atoms with Crippen molar-refractivity contribution in [1.29, 1.82) is 0 Å². The van der Waals surface area contributed by atoms with E-state index in [-0.39, 0.29) is 17.9 Å². The van der Waals surface area contributed by atoms with Gasteiger partial charge in [-0.1, -0.05) is 12.1 Å². The zero-order chi connectivity index (χ0) is 18.3. The Balaban J connectivity index is 1.75. The number of carbonyl (C=O) groups excluding carboxylic acids is 1. The molecule has 0 spiro atoms. The molecule has 0 fully saturated rings. The molecule has 134 valence electrons. The largest absolute Gasteiger partial charge is 0.497 e. The SMILES string of the molecule is COc1ccc([C@H]2[C@@H]3CCc4cc(OC)ccc4C3=NN2C(C)=O)cc1. The molecule has 0 saturated carbocycles. The molecule has 0 aromatic heterocycles. The molecule has 1 heterocycles. The molecule has 2 aromatic carbocycles. The van der Waals surface area contributed by atoms with E-state index >= 15 is 0 Å². The maximum atomic E-state index is 12.3. The highest BCUT2D eigenvalue weighted by molar-refractivity contribution is 6.06. The van der Waals surface area contributed by atoms with E-state index in [0.717, 1.165) is 41.2 Å². The van der Waals surface area contributed by atoms with Crippen LogP contribution in [0.15, 0.2) is 47.6 Å². The molecule has 0 unspecified atom stereocenters. The summed E-state index contributed by atoms with van der Waals surface area (Å²) in [6.07, 6.45) is 1.91. The van der Waals surface area contributed by atoms with Crippen molar-refractivity contribution in [3.63, 3.8) is 0 Å². The van der Waals surface area contributed by atoms with Gasteiger partial charge in [-0.2, -0.15) is 5.10 Å². The van der Waals surface area contributed by atoms with Gasteiger partial charge < -0.3 is 9.47 Å². The van der Waals surface area contributed by atoms with Crippen molar-refractivity contribution in [2.45, 2.75) is 25.8 Å². The van der Waals surface area contributed by atoms with Crippen molar-refractivity contribution in [2.24, 2.45) is 11.0 Å². The number of methoxy groups -OCH3 is 2. The Bertz CT molecular complexity index is 873. The van der Waals surface area contributed by atoms with Crippen molar-refractivity contribution < 1.29 is 14.3 Å². The van der Waals surface area contributed by atoms with Gasteiger partial charge in [0.1, 0.15) is 11.5 Å². The van der Waals surface area contributed by atoms with Gasteiger partial charge in [0.2, 0.25) is 5.91 Å². The van der Waals surface area contributed by atoms with E-state index in [1.807, 2.05) is 30.3 Å². The van der Waals surface area contributed by atoms with Gasteiger partial charge in [-0.15, -0.1) is 0 Å². The molecule has 1 aliphatic carbocycles. The van der Waals surface area contributed by atoms with Gasteiger partial charge in [0.25, 0.3) is 0 Å². The second-order valence-electron chi connectivity index (χ2n) is 6.74. The molecule has 2 atom stereocenters. The number of hydrogen-bond donors (Lipinski definition) is 0. The molecule has 1 aliphatic heterocycles. The minimum atomic E-state index is -0.0661. The van der Waals surface area contributed by atoms with Gasteiger partial charge in [-0.3, -0.25) is 4.79 Å². The Morgan fingerprint density at radius 1 is 1.08 bits per heavy atom. The van der Waals surface area contributed by atoms with E-state index in [0.29, 0.717) is 0 Å². The summed E-state index contributed by atoms with van der Waals surface area (Å²) in [5.74, 6) is 1.83. The third-order valence-electron chi connectivity index (χ3n) is 5.30. The highest BCUT2D eigenvalue weighted by Gasteiger charge is 2.43. The minimum Gasteiger partial charge on any atom is -0.497 e. The smallest absolute Gasteiger partial charge is 0.240 e. The molecule has 2 aliphatic rings. The Hall–Kier alpha value is -2.82. The lowest BCUT2D eigenvalue weighted by Gasteiger charge is -2.29. The van der Waals surface area contributed by atoms with E-state index in [1.165, 1.54) is 5.56 Å². The third-order valence-corrected chi connectivity index (χ3v) is 5.30. The summed E-state index contributed by atoms with van der Waals surface area (Å²) < 4.78 is 10.6. The fraction of sp³-hybridized carbons (Fsp3) is 0.333. The fourth-order valence-electron chi connectivity index (χ4n) is 4.03. The van der Waals surface area contributed by atoms with Gasteiger partial charge in [0.15, 0.2) is 0 Å². The van der Waals surface area contributed by atoms with Crippen LogP contribution in [0.25, 0.3) is 0 Å². The lowest BCUT2D eigenvalue weighted by molar-refractivity contribution is -0.131. The second kappa shape index (κ2) is 6.48. The molecule has 0 N–H and O–H groups in total. The lowest BCUT2D eigenvalue weighted by atomic mass is 9.77. The number of hydrazone groups is 1. The number of nitrogens with zero attached hydrogens (tertiary/aromatic N) is 2. The number of ether oxygens (including phenoxy) is 2. The number of hydrogen-bond acceptors (Lipinski definition) is 4. The quantitative estimate of drug-likeness (QED) is 0.850. The molecule has 0 radical (unpaired) electrons. The molecular formula is C21H22N2O3. The van der Waals surface area contributed by atoms with Crippen LogP contribution < -0.4 is 9.47 Å². The van der Waals surface area contributed by atoms with Crippen LogP contribution in [-0.2, 0) is 11.2 Å². The van der Waals surface area contributed by atoms with Crippen LogP contribution in [0, 0.1) is 5.92 Å². The topological polar surface area (TPSA) is 51.1 Å². The summed E-state index contributed by atoms with van der Waals surface area (Å²) in [6, 6.07) is 14.0. The number of amides is 1. The van der Waals surface area contributed by atoms with E-state index in [4.69, 9.17) is 14.6 Å². The summed E-state index contributed by atoms with van der Waals surface area (Å²) in [7, 11) is 3.33. The number of fused-ring (bicyclic) bond motifs is 3. The molecule has 0 saturated heterocycles. The number of carbonyl (C=O) groups is 1. The van der Waals surface area contributed by atoms with Gasteiger partial charge >= 0.3 is 0 Å². The summed E-state index contributed by atoms with van der Waals surface area (Å²) in [5, 5.41) is 6.38. The molecule has 26 heavy (non-hydrogen) atoms. The highest BCUT2D eigenvalue weighted by atomic mass is 16.5. The van der Waals surface area contributed by atoms with Crippen LogP contribution in [0.1, 0.15) is 36.1 Å². The maximum absolute atomic E-state index is 12.3. The zero-order valence-electron chi connectivity index (χ0n) is 15.2. The summed E-state index contributed by atoms with van der Waals surface area (Å²) >= 11 is 0. The van der Waals surface area contributed by atoms with Gasteiger partial charge in [0, 0.05) is 18.4 Å². The zero-order valence-corrected chi connectivity index (χ0v) is 15.2. The Morgan fingerprint density at radius 3 is 2.42 bits per heavy atom. The first-order valence-corrected chi connectivity index (χ1v) is 8.82. The predicted molar refractivity (Wildman–Crippen MR) is 99.6 cm³/mol. The molecule has 4 rings (SSSR count). The van der Waals surface area contributed by atoms with E-state index in [9.17, 15) is 4.79 Å². The van der Waals surface area contributed by atoms with Crippen LogP contribution in [0.5, 0.6) is 11.5 Å². The fourth-order valence-corrected chi connectivity index (χ4v) is 4.03. The molecule has 5 heteroatoms. The monoisotopic (exact) mass is 350 g/mol. The summed E-state index contributed by atoms with van der Waals surface area (Å²) in [5.41, 5.74) is 4.45. The third kappa shape index (κ3) is 2.64. The average Bonchev–Trinajstić information content (AvgIpc) is 3.07. The van der Waals surface area contributed by atoms with Crippen LogP contribution in [0.4, 0.5) is 0 Å². The summed E-state index contributed by atoms with van der Waals surface area (Å²) in [6.45, 7) is 1.58. The highest BCUT2D eigenvalue weighted by Crippen LogP contribution is 2.44. The molecule has 1 amide bonds. The van der Waals surface area contributed by atoms with E-state index < -0.39 is 0 Å². The number of aryl methyl sites for hydroxylation is 1. The van der Waals surface area contributed by atoms with Crippen molar-refractivity contribution in [3.8, 4) is 11.5 Å². The van der Waals surface area contributed by atoms with Crippen molar-refractivity contribution >= 4 is 11.6 Å². The Kier molecular flexibility index (Phi) is 4.15. The number of rotatable bonds is 3. The van der Waals surface area contributed by atoms with Gasteiger partial charge in [-0.25, -0.2) is 5.01 Å². The molecule has 2 aromatic rings. The number of benzene rings is 2. The maximum Gasteiger partial charge on any atom is 0.240 e. The van der Waals surface area contributed by atoms with Gasteiger partial charge in [-0.05, 0) is 54.3 Å². The van der Waals surface area contributed by atoms with Crippen molar-refractivity contribution in [3.05, 3.63) is 59.2 Å². The predicted octanol–water partition coefficient (Wildman–Crippen LogP) is 3.57. The first kappa shape index (κ1) is 16.6. The van der Waals surface area contributed by atoms with Crippen LogP contribution in [0.2, 0.25) is 0 Å². The van der Waals surface area contributed by atoms with Crippen LogP contribution in [-0.4, -0.2) is 30.8 Å². The Morgan fingerprint density at radius 2 is 1.77 bits per heavy atom. The first-order chi connectivity index (χ1) is 12.6. The first-order valence-electron chi connectivity index (χ1n) is 8.82. The van der Waals surface area contributed by atoms with E-state index in [1.54, 1.807) is 26.2 Å². The lowest BCUT2D eigenvalue weighted by Crippen LogP contribution is -2.31. The van der Waals surface area contributed by atoms with E-state index in [2.05, 4.69) is 12.1 Å². The normalized spacial score (nSPS) is 20.9. The van der Waals surface area contributed by atoms with Crippen LogP contribution in [0.3, 0.4) is 0 Å². The second-order valence-corrected chi connectivity index (χ2v) is 6.74. The molecular weight excluding hydrogens is 328 g/mol. The standard InChI is InChI=1S/C21H22N2O3/c1-13(24)23-21(14-4-7-16(25-2)8-5-14)19-10-6-15-12-17(26-3)9-11-18(15)20(19)22-23/h4-5,7-9,11-12,19,21H,6,10H2,1-3H3/t19-,21+/m1/s1. The molecule has 0 bridgehead atoms. The van der Waals surface area contributed by atoms with Crippen molar-refractivity contribution in [2.75, 3.05) is 14.2 Å². The Labute approximate surface area is 153 Å². The average molecular weight is 350 g/mol. The minimum absolute atomic E-state index is 0.0391.